The molecule has 0 radical (unpaired) electrons. The molecule has 0 spiro atoms. The van der Waals surface area contributed by atoms with E-state index in [0.29, 0.717) is 17.8 Å². The van der Waals surface area contributed by atoms with E-state index in [-0.39, 0.29) is 12.2 Å². The fraction of sp³-hybridized carbons (Fsp3) is 0.333. The average Bonchev–Trinajstić information content (AvgIpc) is 2.49. The zero-order chi connectivity index (χ0) is 14.5. The molecule has 0 aliphatic carbocycles. The molecule has 0 aliphatic rings. The van der Waals surface area contributed by atoms with E-state index in [1.807, 2.05) is 31.2 Å². The van der Waals surface area contributed by atoms with Crippen molar-refractivity contribution >= 4 is 0 Å². The molecule has 5 heteroatoms. The van der Waals surface area contributed by atoms with Crippen molar-refractivity contribution in [2.75, 3.05) is 7.11 Å². The van der Waals surface area contributed by atoms with E-state index in [1.54, 1.807) is 13.2 Å². The van der Waals surface area contributed by atoms with Crippen LogP contribution in [0.2, 0.25) is 0 Å². The molecule has 1 aromatic carbocycles. The summed E-state index contributed by atoms with van der Waals surface area (Å²) in [4.78, 5) is 12.0. The Kier molecular flexibility index (Phi) is 4.53. The molecular formula is C15H18N2O3. The van der Waals surface area contributed by atoms with Crippen molar-refractivity contribution < 1.29 is 9.84 Å². The van der Waals surface area contributed by atoms with Gasteiger partial charge in [-0.25, -0.2) is 4.68 Å². The molecule has 106 valence electrons. The highest BCUT2D eigenvalue weighted by molar-refractivity contribution is 5.61. The molecule has 0 amide bonds. The summed E-state index contributed by atoms with van der Waals surface area (Å²) in [5.41, 5.74) is 1.62. The molecule has 0 saturated heterocycles. The predicted molar refractivity (Wildman–Crippen MR) is 76.7 cm³/mol. The Morgan fingerprint density at radius 3 is 2.80 bits per heavy atom. The first-order chi connectivity index (χ1) is 9.69. The SMILES string of the molecule is CCCn1nc(-c2cccc(OC)c2)cc(CO)c1=O. The first-order valence-electron chi connectivity index (χ1n) is 6.56. The highest BCUT2D eigenvalue weighted by atomic mass is 16.5. The Balaban J connectivity index is 2.55. The zero-order valence-corrected chi connectivity index (χ0v) is 11.7. The molecule has 0 atom stereocenters. The monoisotopic (exact) mass is 274 g/mol. The van der Waals surface area contributed by atoms with Crippen LogP contribution in [-0.4, -0.2) is 22.0 Å². The van der Waals surface area contributed by atoms with Crippen molar-refractivity contribution in [1.29, 1.82) is 0 Å². The average molecular weight is 274 g/mol. The molecule has 5 nitrogen and oxygen atoms in total. The van der Waals surface area contributed by atoms with Crippen molar-refractivity contribution in [3.05, 3.63) is 46.2 Å². The second kappa shape index (κ2) is 6.34. The van der Waals surface area contributed by atoms with Crippen molar-refractivity contribution in [3.63, 3.8) is 0 Å². The van der Waals surface area contributed by atoms with E-state index in [0.717, 1.165) is 17.7 Å². The number of aliphatic hydroxyl groups is 1. The summed E-state index contributed by atoms with van der Waals surface area (Å²) in [7, 11) is 1.60. The highest BCUT2D eigenvalue weighted by Gasteiger charge is 2.09. The van der Waals surface area contributed by atoms with Crippen molar-refractivity contribution in [1.82, 2.24) is 9.78 Å². The fourth-order valence-electron chi connectivity index (χ4n) is 2.00. The maximum absolute atomic E-state index is 12.0. The first kappa shape index (κ1) is 14.3. The normalized spacial score (nSPS) is 10.6. The van der Waals surface area contributed by atoms with Gasteiger partial charge in [-0.15, -0.1) is 0 Å². The minimum atomic E-state index is -0.290. The summed E-state index contributed by atoms with van der Waals surface area (Å²) < 4.78 is 6.59. The molecule has 0 unspecified atom stereocenters. The van der Waals surface area contributed by atoms with Crippen LogP contribution in [0, 0.1) is 0 Å². The lowest BCUT2D eigenvalue weighted by Gasteiger charge is -2.09. The molecule has 2 aromatic rings. The number of nitrogens with zero attached hydrogens (tertiary/aromatic N) is 2. The maximum Gasteiger partial charge on any atom is 0.272 e. The molecule has 0 fully saturated rings. The van der Waals surface area contributed by atoms with Gasteiger partial charge in [0.15, 0.2) is 0 Å². The number of aliphatic hydroxyl groups excluding tert-OH is 1. The van der Waals surface area contributed by atoms with Crippen molar-refractivity contribution in [2.45, 2.75) is 26.5 Å². The number of hydrogen-bond acceptors (Lipinski definition) is 4. The van der Waals surface area contributed by atoms with E-state index in [9.17, 15) is 9.90 Å². The minimum absolute atomic E-state index is 0.235. The van der Waals surface area contributed by atoms with Gasteiger partial charge >= 0.3 is 0 Å². The van der Waals surface area contributed by atoms with Crippen molar-refractivity contribution in [2.24, 2.45) is 0 Å². The second-order valence-corrected chi connectivity index (χ2v) is 4.47. The Morgan fingerprint density at radius 1 is 1.35 bits per heavy atom. The molecule has 0 aliphatic heterocycles. The van der Waals surface area contributed by atoms with Gasteiger partial charge in [-0.3, -0.25) is 4.79 Å². The molecule has 1 aromatic heterocycles. The topological polar surface area (TPSA) is 64.3 Å². The molecule has 1 heterocycles. The predicted octanol–water partition coefficient (Wildman–Crippen LogP) is 1.82. The van der Waals surface area contributed by atoms with Crippen LogP contribution in [0.5, 0.6) is 5.75 Å². The third kappa shape index (κ3) is 2.88. The first-order valence-corrected chi connectivity index (χ1v) is 6.56. The van der Waals surface area contributed by atoms with Crippen LogP contribution in [0.1, 0.15) is 18.9 Å². The zero-order valence-electron chi connectivity index (χ0n) is 11.7. The lowest BCUT2D eigenvalue weighted by Crippen LogP contribution is -2.26. The van der Waals surface area contributed by atoms with Gasteiger partial charge in [-0.1, -0.05) is 19.1 Å². The van der Waals surface area contributed by atoms with Crippen LogP contribution < -0.4 is 10.3 Å². The van der Waals surface area contributed by atoms with Gasteiger partial charge in [0.25, 0.3) is 5.56 Å². The van der Waals surface area contributed by atoms with Gasteiger partial charge in [0.05, 0.1) is 19.4 Å². The van der Waals surface area contributed by atoms with E-state index >= 15 is 0 Å². The summed E-state index contributed by atoms with van der Waals surface area (Å²) in [6.45, 7) is 2.22. The summed E-state index contributed by atoms with van der Waals surface area (Å²) >= 11 is 0. The summed E-state index contributed by atoms with van der Waals surface area (Å²) in [5.74, 6) is 0.725. The van der Waals surface area contributed by atoms with Crippen LogP contribution in [-0.2, 0) is 13.2 Å². The Labute approximate surface area is 117 Å². The van der Waals surface area contributed by atoms with Crippen LogP contribution in [0.25, 0.3) is 11.3 Å². The van der Waals surface area contributed by atoms with Gasteiger partial charge in [0.2, 0.25) is 0 Å². The lowest BCUT2D eigenvalue weighted by molar-refractivity contribution is 0.278. The van der Waals surface area contributed by atoms with E-state index < -0.39 is 0 Å². The minimum Gasteiger partial charge on any atom is -0.497 e. The van der Waals surface area contributed by atoms with Crippen LogP contribution in [0.3, 0.4) is 0 Å². The van der Waals surface area contributed by atoms with Crippen LogP contribution >= 0.6 is 0 Å². The molecular weight excluding hydrogens is 256 g/mol. The number of aromatic nitrogens is 2. The van der Waals surface area contributed by atoms with Gasteiger partial charge in [0, 0.05) is 17.7 Å². The molecule has 2 rings (SSSR count). The van der Waals surface area contributed by atoms with E-state index in [1.165, 1.54) is 4.68 Å². The smallest absolute Gasteiger partial charge is 0.272 e. The molecule has 0 saturated carbocycles. The third-order valence-corrected chi connectivity index (χ3v) is 3.02. The number of benzene rings is 1. The highest BCUT2D eigenvalue weighted by Crippen LogP contribution is 2.21. The van der Waals surface area contributed by atoms with E-state index in [4.69, 9.17) is 4.74 Å². The number of aryl methyl sites for hydroxylation is 1. The second-order valence-electron chi connectivity index (χ2n) is 4.47. The number of rotatable bonds is 5. The van der Waals surface area contributed by atoms with Gasteiger partial charge in [-0.05, 0) is 24.6 Å². The van der Waals surface area contributed by atoms with Crippen molar-refractivity contribution in [3.8, 4) is 17.0 Å². The number of methoxy groups -OCH3 is 1. The third-order valence-electron chi connectivity index (χ3n) is 3.02. The van der Waals surface area contributed by atoms with Gasteiger partial charge < -0.3 is 9.84 Å². The van der Waals surface area contributed by atoms with Gasteiger partial charge in [0.1, 0.15) is 5.75 Å². The standard InChI is InChI=1S/C15H18N2O3/c1-3-7-17-15(19)12(10-18)9-14(16-17)11-5-4-6-13(8-11)20-2/h4-6,8-9,18H,3,7,10H2,1-2H3. The number of ether oxygens (including phenoxy) is 1. The Morgan fingerprint density at radius 2 is 2.15 bits per heavy atom. The lowest BCUT2D eigenvalue weighted by atomic mass is 10.1. The fourth-order valence-corrected chi connectivity index (χ4v) is 2.00. The summed E-state index contributed by atoms with van der Waals surface area (Å²) in [5, 5.41) is 13.7. The number of hydrogen-bond donors (Lipinski definition) is 1. The maximum atomic E-state index is 12.0. The Hall–Kier alpha value is -2.14. The largest absolute Gasteiger partial charge is 0.497 e. The quantitative estimate of drug-likeness (QED) is 0.903. The van der Waals surface area contributed by atoms with Gasteiger partial charge in [-0.2, -0.15) is 5.10 Å². The summed E-state index contributed by atoms with van der Waals surface area (Å²) in [6, 6.07) is 9.09. The van der Waals surface area contributed by atoms with E-state index in [2.05, 4.69) is 5.10 Å². The Bertz CT molecular complexity index is 650. The summed E-state index contributed by atoms with van der Waals surface area (Å²) in [6.07, 6.45) is 0.805. The molecule has 0 bridgehead atoms. The van der Waals surface area contributed by atoms with Crippen LogP contribution in [0.15, 0.2) is 35.1 Å². The van der Waals surface area contributed by atoms with Crippen LogP contribution in [0.4, 0.5) is 0 Å². The molecule has 20 heavy (non-hydrogen) atoms. The molecule has 1 N–H and O–H groups in total.